The van der Waals surface area contributed by atoms with Crippen LogP contribution in [-0.4, -0.2) is 41.9 Å². The van der Waals surface area contributed by atoms with Crippen molar-refractivity contribution in [1.82, 2.24) is 10.2 Å². The van der Waals surface area contributed by atoms with Crippen molar-refractivity contribution in [2.24, 2.45) is 11.7 Å². The van der Waals surface area contributed by atoms with E-state index in [0.717, 1.165) is 62.7 Å². The van der Waals surface area contributed by atoms with Crippen LogP contribution >= 0.6 is 12.4 Å². The van der Waals surface area contributed by atoms with Crippen LogP contribution in [0.4, 0.5) is 0 Å². The molecule has 1 aliphatic carbocycles. The SMILES string of the molecule is Cc1ccccc1C(=O)NC1CCN(C(=O)C2CCCC(N)C2)CC1.Cl. The summed E-state index contributed by atoms with van der Waals surface area (Å²) in [6.45, 7) is 3.40. The maximum absolute atomic E-state index is 12.7. The van der Waals surface area contributed by atoms with Crippen molar-refractivity contribution in [3.05, 3.63) is 35.4 Å². The number of carbonyl (C=O) groups excluding carboxylic acids is 2. The number of hydrogen-bond acceptors (Lipinski definition) is 3. The largest absolute Gasteiger partial charge is 0.349 e. The van der Waals surface area contributed by atoms with E-state index in [2.05, 4.69) is 5.32 Å². The summed E-state index contributed by atoms with van der Waals surface area (Å²) in [4.78, 5) is 27.1. The summed E-state index contributed by atoms with van der Waals surface area (Å²) in [5.74, 6) is 0.349. The molecule has 144 valence electrons. The van der Waals surface area contributed by atoms with E-state index < -0.39 is 0 Å². The number of aryl methyl sites for hydroxylation is 1. The van der Waals surface area contributed by atoms with Gasteiger partial charge in [0.15, 0.2) is 0 Å². The first-order valence-corrected chi connectivity index (χ1v) is 9.45. The Bertz CT molecular complexity index is 629. The van der Waals surface area contributed by atoms with Gasteiger partial charge in [-0.15, -0.1) is 12.4 Å². The molecule has 1 aromatic carbocycles. The van der Waals surface area contributed by atoms with Crippen molar-refractivity contribution >= 4 is 24.2 Å². The molecule has 0 radical (unpaired) electrons. The summed E-state index contributed by atoms with van der Waals surface area (Å²) in [5.41, 5.74) is 7.74. The lowest BCUT2D eigenvalue weighted by molar-refractivity contribution is -0.137. The van der Waals surface area contributed by atoms with Gasteiger partial charge in [-0.1, -0.05) is 24.6 Å². The van der Waals surface area contributed by atoms with Gasteiger partial charge in [0, 0.05) is 36.7 Å². The van der Waals surface area contributed by atoms with Crippen molar-refractivity contribution < 1.29 is 9.59 Å². The summed E-state index contributed by atoms with van der Waals surface area (Å²) in [5, 5.41) is 3.13. The molecule has 2 fully saturated rings. The van der Waals surface area contributed by atoms with Gasteiger partial charge < -0.3 is 16.0 Å². The molecule has 0 bridgehead atoms. The second kappa shape index (κ2) is 9.38. The minimum Gasteiger partial charge on any atom is -0.349 e. The van der Waals surface area contributed by atoms with Crippen LogP contribution in [0.5, 0.6) is 0 Å². The Morgan fingerprint density at radius 1 is 1.12 bits per heavy atom. The van der Waals surface area contributed by atoms with Crippen LogP contribution < -0.4 is 11.1 Å². The average Bonchev–Trinajstić information content (AvgIpc) is 2.62. The normalized spacial score (nSPS) is 23.8. The first kappa shape index (κ1) is 20.7. The van der Waals surface area contributed by atoms with E-state index in [1.165, 1.54) is 0 Å². The number of benzene rings is 1. The molecule has 2 atom stereocenters. The zero-order valence-corrected chi connectivity index (χ0v) is 16.3. The molecule has 3 rings (SSSR count). The van der Waals surface area contributed by atoms with Crippen LogP contribution in [-0.2, 0) is 4.79 Å². The molecule has 2 aliphatic rings. The number of rotatable bonds is 3. The van der Waals surface area contributed by atoms with E-state index in [9.17, 15) is 9.59 Å². The molecule has 1 saturated heterocycles. The van der Waals surface area contributed by atoms with Crippen LogP contribution in [0, 0.1) is 12.8 Å². The van der Waals surface area contributed by atoms with E-state index in [0.29, 0.717) is 0 Å². The fourth-order valence-corrected chi connectivity index (χ4v) is 4.05. The summed E-state index contributed by atoms with van der Waals surface area (Å²) < 4.78 is 0. The predicted molar refractivity (Wildman–Crippen MR) is 105 cm³/mol. The molecule has 1 heterocycles. The van der Waals surface area contributed by atoms with Gasteiger partial charge in [0.25, 0.3) is 5.91 Å². The lowest BCUT2D eigenvalue weighted by Crippen LogP contribution is -2.49. The Balaban J connectivity index is 0.00000243. The first-order chi connectivity index (χ1) is 12.0. The molecule has 1 aliphatic heterocycles. The molecule has 5 nitrogen and oxygen atoms in total. The molecule has 26 heavy (non-hydrogen) atoms. The van der Waals surface area contributed by atoms with Crippen LogP contribution in [0.2, 0.25) is 0 Å². The van der Waals surface area contributed by atoms with Crippen LogP contribution in [0.3, 0.4) is 0 Å². The molecule has 0 aromatic heterocycles. The van der Waals surface area contributed by atoms with Gasteiger partial charge in [0.2, 0.25) is 5.91 Å². The molecule has 6 heteroatoms. The van der Waals surface area contributed by atoms with E-state index in [1.807, 2.05) is 36.1 Å². The van der Waals surface area contributed by atoms with E-state index in [-0.39, 0.29) is 42.2 Å². The second-order valence-electron chi connectivity index (χ2n) is 7.51. The van der Waals surface area contributed by atoms with Gasteiger partial charge in [-0.2, -0.15) is 0 Å². The van der Waals surface area contributed by atoms with Crippen LogP contribution in [0.15, 0.2) is 24.3 Å². The minimum absolute atomic E-state index is 0. The zero-order chi connectivity index (χ0) is 17.8. The summed E-state index contributed by atoms with van der Waals surface area (Å²) in [6, 6.07) is 7.95. The summed E-state index contributed by atoms with van der Waals surface area (Å²) in [7, 11) is 0. The highest BCUT2D eigenvalue weighted by molar-refractivity contribution is 5.95. The zero-order valence-electron chi connectivity index (χ0n) is 15.4. The molecule has 1 saturated carbocycles. The monoisotopic (exact) mass is 379 g/mol. The number of nitrogens with one attached hydrogen (secondary N) is 1. The van der Waals surface area contributed by atoms with Gasteiger partial charge in [-0.05, 0) is 50.7 Å². The van der Waals surface area contributed by atoms with Crippen molar-refractivity contribution in [3.63, 3.8) is 0 Å². The third kappa shape index (κ3) is 4.98. The number of carbonyl (C=O) groups is 2. The molecule has 2 unspecified atom stereocenters. The molecular weight excluding hydrogens is 350 g/mol. The van der Waals surface area contributed by atoms with Gasteiger partial charge in [0.05, 0.1) is 0 Å². The number of hydrogen-bond donors (Lipinski definition) is 2. The van der Waals surface area contributed by atoms with Gasteiger partial charge >= 0.3 is 0 Å². The van der Waals surface area contributed by atoms with Crippen molar-refractivity contribution in [2.45, 2.75) is 57.5 Å². The molecule has 1 aromatic rings. The standard InChI is InChI=1S/C20H29N3O2.ClH/c1-14-5-2-3-8-18(14)19(24)22-17-9-11-23(12-10-17)20(25)15-6-4-7-16(21)13-15;/h2-3,5,8,15-17H,4,6-7,9-13,21H2,1H3,(H,22,24);1H. The Kier molecular flexibility index (Phi) is 7.47. The minimum atomic E-state index is -0.0128. The Hall–Kier alpha value is -1.59. The van der Waals surface area contributed by atoms with Crippen molar-refractivity contribution in [2.75, 3.05) is 13.1 Å². The highest BCUT2D eigenvalue weighted by Crippen LogP contribution is 2.26. The quantitative estimate of drug-likeness (QED) is 0.847. The van der Waals surface area contributed by atoms with E-state index in [4.69, 9.17) is 5.73 Å². The Morgan fingerprint density at radius 3 is 2.46 bits per heavy atom. The molecular formula is C20H30ClN3O2. The highest BCUT2D eigenvalue weighted by atomic mass is 35.5. The predicted octanol–water partition coefficient (Wildman–Crippen LogP) is 2.66. The lowest BCUT2D eigenvalue weighted by atomic mass is 9.85. The Labute approximate surface area is 162 Å². The average molecular weight is 380 g/mol. The summed E-state index contributed by atoms with van der Waals surface area (Å²) >= 11 is 0. The maximum Gasteiger partial charge on any atom is 0.251 e. The molecule has 0 spiro atoms. The van der Waals surface area contributed by atoms with Crippen LogP contribution in [0.25, 0.3) is 0 Å². The number of amides is 2. The van der Waals surface area contributed by atoms with Gasteiger partial charge in [-0.25, -0.2) is 0 Å². The topological polar surface area (TPSA) is 75.4 Å². The number of nitrogens with two attached hydrogens (primary N) is 1. The first-order valence-electron chi connectivity index (χ1n) is 9.45. The second-order valence-corrected chi connectivity index (χ2v) is 7.51. The summed E-state index contributed by atoms with van der Waals surface area (Å²) in [6.07, 6.45) is 5.53. The van der Waals surface area contributed by atoms with Gasteiger partial charge in [-0.3, -0.25) is 9.59 Å². The van der Waals surface area contributed by atoms with Gasteiger partial charge in [0.1, 0.15) is 0 Å². The van der Waals surface area contributed by atoms with Crippen molar-refractivity contribution in [3.8, 4) is 0 Å². The number of piperidine rings is 1. The fourth-order valence-electron chi connectivity index (χ4n) is 4.05. The number of likely N-dealkylation sites (tertiary alicyclic amines) is 1. The molecule has 3 N–H and O–H groups in total. The highest BCUT2D eigenvalue weighted by Gasteiger charge is 2.31. The van der Waals surface area contributed by atoms with E-state index >= 15 is 0 Å². The fraction of sp³-hybridized carbons (Fsp3) is 0.600. The number of nitrogens with zero attached hydrogens (tertiary/aromatic N) is 1. The smallest absolute Gasteiger partial charge is 0.251 e. The number of halogens is 1. The molecule has 2 amide bonds. The third-order valence-corrected chi connectivity index (χ3v) is 5.60. The lowest BCUT2D eigenvalue weighted by Gasteiger charge is -2.36. The third-order valence-electron chi connectivity index (χ3n) is 5.60. The Morgan fingerprint density at radius 2 is 1.81 bits per heavy atom. The van der Waals surface area contributed by atoms with Crippen LogP contribution in [0.1, 0.15) is 54.4 Å². The maximum atomic E-state index is 12.7. The van der Waals surface area contributed by atoms with Crippen molar-refractivity contribution in [1.29, 1.82) is 0 Å². The van der Waals surface area contributed by atoms with E-state index in [1.54, 1.807) is 0 Å².